The first-order chi connectivity index (χ1) is 12.5. The van der Waals surface area contributed by atoms with Crippen LogP contribution in [0.15, 0.2) is 59.8 Å². The standard InChI is InChI=1S/C21H17F2NO2/c22-15-6-4-12(5-7-15)14-9-18-21(19(25)10-14)17(11-20(26)24-18)13-2-1-3-16(23)8-13/h1-8,14,17H,9-11H2,(H,24,26)/t14-,17-/m0/s1. The zero-order chi connectivity index (χ0) is 18.3. The van der Waals surface area contributed by atoms with E-state index in [4.69, 9.17) is 0 Å². The van der Waals surface area contributed by atoms with Gasteiger partial charge < -0.3 is 5.32 Å². The number of hydrogen-bond acceptors (Lipinski definition) is 2. The maximum Gasteiger partial charge on any atom is 0.225 e. The summed E-state index contributed by atoms with van der Waals surface area (Å²) in [4.78, 5) is 25.1. The number of carbonyl (C=O) groups excluding carboxylic acids is 2. The normalized spacial score (nSPS) is 22.8. The van der Waals surface area contributed by atoms with Crippen molar-refractivity contribution in [3.8, 4) is 0 Å². The fourth-order valence-electron chi connectivity index (χ4n) is 3.94. The summed E-state index contributed by atoms with van der Waals surface area (Å²) in [5, 5.41) is 2.83. The van der Waals surface area contributed by atoms with Crippen LogP contribution in [0, 0.1) is 11.6 Å². The van der Waals surface area contributed by atoms with E-state index in [1.54, 1.807) is 24.3 Å². The topological polar surface area (TPSA) is 46.2 Å². The number of hydrogen-bond donors (Lipinski definition) is 1. The van der Waals surface area contributed by atoms with Gasteiger partial charge in [-0.25, -0.2) is 8.78 Å². The van der Waals surface area contributed by atoms with Crippen LogP contribution >= 0.6 is 0 Å². The van der Waals surface area contributed by atoms with Crippen molar-refractivity contribution in [2.45, 2.75) is 31.1 Å². The van der Waals surface area contributed by atoms with Crippen molar-refractivity contribution < 1.29 is 18.4 Å². The molecule has 0 spiro atoms. The number of halogens is 2. The molecule has 2 aromatic carbocycles. The Kier molecular flexibility index (Phi) is 4.15. The smallest absolute Gasteiger partial charge is 0.225 e. The van der Waals surface area contributed by atoms with Crippen molar-refractivity contribution in [1.29, 1.82) is 0 Å². The summed E-state index contributed by atoms with van der Waals surface area (Å²) in [7, 11) is 0. The number of rotatable bonds is 2. The molecule has 2 atom stereocenters. The summed E-state index contributed by atoms with van der Waals surface area (Å²) in [6.45, 7) is 0. The van der Waals surface area contributed by atoms with Crippen molar-refractivity contribution in [2.75, 3.05) is 0 Å². The van der Waals surface area contributed by atoms with Crippen LogP contribution in [0.4, 0.5) is 8.78 Å². The molecule has 0 fully saturated rings. The van der Waals surface area contributed by atoms with Gasteiger partial charge in [0.05, 0.1) is 0 Å². The van der Waals surface area contributed by atoms with Gasteiger partial charge in [-0.05, 0) is 47.7 Å². The largest absolute Gasteiger partial charge is 0.329 e. The average molecular weight is 353 g/mol. The molecule has 132 valence electrons. The summed E-state index contributed by atoms with van der Waals surface area (Å²) in [5.74, 6) is -1.46. The van der Waals surface area contributed by atoms with Crippen LogP contribution in [0.25, 0.3) is 0 Å². The number of Topliss-reactive ketones (excluding diaryl/α,β-unsaturated/α-hetero) is 1. The van der Waals surface area contributed by atoms with Crippen LogP contribution in [0.1, 0.15) is 42.2 Å². The van der Waals surface area contributed by atoms with Gasteiger partial charge >= 0.3 is 0 Å². The SMILES string of the molecule is O=C1C[C@@H](c2cccc(F)c2)C2=C(C[C@H](c3ccc(F)cc3)CC2=O)N1. The first-order valence-electron chi connectivity index (χ1n) is 8.58. The molecule has 0 radical (unpaired) electrons. The molecule has 2 aromatic rings. The van der Waals surface area contributed by atoms with E-state index in [-0.39, 0.29) is 35.7 Å². The molecule has 1 N–H and O–H groups in total. The Hall–Kier alpha value is -2.82. The van der Waals surface area contributed by atoms with Crippen molar-refractivity contribution >= 4 is 11.7 Å². The molecule has 0 saturated carbocycles. The molecule has 0 saturated heterocycles. The van der Waals surface area contributed by atoms with E-state index in [0.29, 0.717) is 29.7 Å². The van der Waals surface area contributed by atoms with E-state index in [9.17, 15) is 18.4 Å². The van der Waals surface area contributed by atoms with Crippen LogP contribution in [-0.4, -0.2) is 11.7 Å². The zero-order valence-corrected chi connectivity index (χ0v) is 14.0. The van der Waals surface area contributed by atoms with E-state index in [1.807, 2.05) is 0 Å². The van der Waals surface area contributed by atoms with E-state index >= 15 is 0 Å². The lowest BCUT2D eigenvalue weighted by molar-refractivity contribution is -0.122. The van der Waals surface area contributed by atoms with E-state index in [1.165, 1.54) is 24.3 Å². The maximum absolute atomic E-state index is 13.6. The molecule has 3 nitrogen and oxygen atoms in total. The van der Waals surface area contributed by atoms with Gasteiger partial charge in [-0.2, -0.15) is 0 Å². The lowest BCUT2D eigenvalue weighted by atomic mass is 9.73. The van der Waals surface area contributed by atoms with Crippen LogP contribution in [0.3, 0.4) is 0 Å². The van der Waals surface area contributed by atoms with Crippen molar-refractivity contribution in [3.05, 3.63) is 82.6 Å². The zero-order valence-electron chi connectivity index (χ0n) is 14.0. The molecule has 1 heterocycles. The third-order valence-corrected chi connectivity index (χ3v) is 5.13. The third-order valence-electron chi connectivity index (χ3n) is 5.13. The molecule has 1 aliphatic heterocycles. The maximum atomic E-state index is 13.6. The third kappa shape index (κ3) is 3.05. The Balaban J connectivity index is 1.71. The molecule has 1 aliphatic carbocycles. The predicted octanol–water partition coefficient (Wildman–Crippen LogP) is 3.97. The van der Waals surface area contributed by atoms with Crippen molar-refractivity contribution in [1.82, 2.24) is 5.32 Å². The molecule has 1 amide bonds. The second kappa shape index (κ2) is 6.48. The van der Waals surface area contributed by atoms with Crippen LogP contribution < -0.4 is 5.32 Å². The van der Waals surface area contributed by atoms with Crippen LogP contribution in [0.5, 0.6) is 0 Å². The number of benzene rings is 2. The highest BCUT2D eigenvalue weighted by Gasteiger charge is 2.38. The highest BCUT2D eigenvalue weighted by atomic mass is 19.1. The van der Waals surface area contributed by atoms with Gasteiger partial charge in [-0.3, -0.25) is 9.59 Å². The van der Waals surface area contributed by atoms with E-state index in [2.05, 4.69) is 5.32 Å². The van der Waals surface area contributed by atoms with Gasteiger partial charge in [0.2, 0.25) is 5.91 Å². The fraction of sp³-hybridized carbons (Fsp3) is 0.238. The molecule has 0 unspecified atom stereocenters. The quantitative estimate of drug-likeness (QED) is 0.888. The molecule has 4 rings (SSSR count). The minimum atomic E-state index is -0.420. The summed E-state index contributed by atoms with van der Waals surface area (Å²) < 4.78 is 26.8. The van der Waals surface area contributed by atoms with Crippen molar-refractivity contribution in [3.63, 3.8) is 0 Å². The lowest BCUT2D eigenvalue weighted by Crippen LogP contribution is -2.38. The Morgan fingerprint density at radius 1 is 0.846 bits per heavy atom. The monoisotopic (exact) mass is 353 g/mol. The van der Waals surface area contributed by atoms with Gasteiger partial charge in [-0.1, -0.05) is 24.3 Å². The first kappa shape index (κ1) is 16.6. The van der Waals surface area contributed by atoms with Gasteiger partial charge in [0, 0.05) is 30.0 Å². The molecular formula is C21H17F2NO2. The van der Waals surface area contributed by atoms with Gasteiger partial charge in [-0.15, -0.1) is 0 Å². The molecule has 26 heavy (non-hydrogen) atoms. The average Bonchev–Trinajstić information content (AvgIpc) is 2.61. The molecule has 0 aromatic heterocycles. The molecule has 2 aliphatic rings. The Morgan fingerprint density at radius 3 is 2.35 bits per heavy atom. The summed E-state index contributed by atoms with van der Waals surface area (Å²) in [6.07, 6.45) is 0.936. The molecule has 5 heteroatoms. The minimum absolute atomic E-state index is 0.0464. The number of nitrogens with one attached hydrogen (secondary N) is 1. The minimum Gasteiger partial charge on any atom is -0.329 e. The summed E-state index contributed by atoms with van der Waals surface area (Å²) >= 11 is 0. The Labute approximate surface area is 149 Å². The van der Waals surface area contributed by atoms with Crippen LogP contribution in [0.2, 0.25) is 0 Å². The van der Waals surface area contributed by atoms with Crippen molar-refractivity contribution in [2.24, 2.45) is 0 Å². The lowest BCUT2D eigenvalue weighted by Gasteiger charge is -2.34. The van der Waals surface area contributed by atoms with E-state index in [0.717, 1.165) is 5.56 Å². The van der Waals surface area contributed by atoms with Gasteiger partial charge in [0.15, 0.2) is 5.78 Å². The van der Waals surface area contributed by atoms with E-state index < -0.39 is 5.92 Å². The number of allylic oxidation sites excluding steroid dienone is 2. The molecule has 0 bridgehead atoms. The highest BCUT2D eigenvalue weighted by Crippen LogP contribution is 2.42. The number of amides is 1. The predicted molar refractivity (Wildman–Crippen MR) is 92.3 cm³/mol. The van der Waals surface area contributed by atoms with Gasteiger partial charge in [0.25, 0.3) is 0 Å². The van der Waals surface area contributed by atoms with Crippen LogP contribution in [-0.2, 0) is 9.59 Å². The first-order valence-corrected chi connectivity index (χ1v) is 8.58. The second-order valence-corrected chi connectivity index (χ2v) is 6.83. The number of ketones is 1. The second-order valence-electron chi connectivity index (χ2n) is 6.83. The Bertz CT molecular complexity index is 918. The summed E-state index contributed by atoms with van der Waals surface area (Å²) in [6, 6.07) is 12.2. The fourth-order valence-corrected chi connectivity index (χ4v) is 3.94. The Morgan fingerprint density at radius 2 is 1.62 bits per heavy atom. The molecular weight excluding hydrogens is 336 g/mol. The highest BCUT2D eigenvalue weighted by molar-refractivity contribution is 6.02. The van der Waals surface area contributed by atoms with Gasteiger partial charge in [0.1, 0.15) is 11.6 Å². The number of carbonyl (C=O) groups is 2. The summed E-state index contributed by atoms with van der Waals surface area (Å²) in [5.41, 5.74) is 2.70.